The molecule has 0 atom stereocenters. The van der Waals surface area contributed by atoms with Crippen LogP contribution in [0, 0.1) is 0 Å². The molecule has 1 fully saturated rings. The van der Waals surface area contributed by atoms with Crippen molar-refractivity contribution in [2.75, 3.05) is 19.7 Å². The van der Waals surface area contributed by atoms with Gasteiger partial charge in [0.1, 0.15) is 0 Å². The predicted molar refractivity (Wildman–Crippen MR) is 72.7 cm³/mol. The number of rotatable bonds is 3. The molecule has 118 valence electrons. The Hall–Kier alpha value is -1.02. The smallest absolute Gasteiger partial charge is 0.428 e. The maximum atomic E-state index is 12.6. The summed E-state index contributed by atoms with van der Waals surface area (Å²) in [5.74, 6) is -0.239. The number of nitrogens with zero attached hydrogens (tertiary/aromatic N) is 2. The van der Waals surface area contributed by atoms with E-state index in [0.29, 0.717) is 24.4 Å². The van der Waals surface area contributed by atoms with Gasteiger partial charge in [-0.2, -0.15) is 18.2 Å². The van der Waals surface area contributed by atoms with Crippen LogP contribution in [0.2, 0.25) is 5.15 Å². The lowest BCUT2D eigenvalue weighted by molar-refractivity contribution is -0.134. The number of thiazole rings is 1. The molecular formula is C12H14ClF3N2O2S. The fourth-order valence-electron chi connectivity index (χ4n) is 2.05. The lowest BCUT2D eigenvalue weighted by Gasteiger charge is -2.19. The van der Waals surface area contributed by atoms with E-state index in [9.17, 15) is 18.0 Å². The summed E-state index contributed by atoms with van der Waals surface area (Å²) < 4.78 is 42.7. The van der Waals surface area contributed by atoms with Gasteiger partial charge in [0.15, 0.2) is 16.6 Å². The number of carbonyl (C=O) groups is 1. The molecule has 21 heavy (non-hydrogen) atoms. The van der Waals surface area contributed by atoms with Gasteiger partial charge in [-0.05, 0) is 12.8 Å². The zero-order valence-corrected chi connectivity index (χ0v) is 12.7. The van der Waals surface area contributed by atoms with Crippen LogP contribution in [0.4, 0.5) is 13.2 Å². The number of halogens is 4. The van der Waals surface area contributed by atoms with Gasteiger partial charge in [0.05, 0.1) is 0 Å². The fourth-order valence-corrected chi connectivity index (χ4v) is 3.08. The molecule has 0 spiro atoms. The van der Waals surface area contributed by atoms with Gasteiger partial charge in [-0.3, -0.25) is 4.79 Å². The minimum atomic E-state index is -4.56. The van der Waals surface area contributed by atoms with E-state index in [1.807, 2.05) is 0 Å². The van der Waals surface area contributed by atoms with Gasteiger partial charge < -0.3 is 9.64 Å². The van der Waals surface area contributed by atoms with Crippen molar-refractivity contribution in [1.82, 2.24) is 9.88 Å². The molecule has 0 radical (unpaired) electrons. The molecule has 0 aromatic carbocycles. The maximum Gasteiger partial charge on any atom is 0.428 e. The first-order valence-corrected chi connectivity index (χ1v) is 7.71. The Morgan fingerprint density at radius 2 is 1.90 bits per heavy atom. The molecule has 0 aliphatic carbocycles. The van der Waals surface area contributed by atoms with Crippen LogP contribution in [-0.4, -0.2) is 35.5 Å². The van der Waals surface area contributed by atoms with E-state index in [1.54, 1.807) is 4.90 Å². The van der Waals surface area contributed by atoms with Gasteiger partial charge in [-0.25, -0.2) is 0 Å². The minimum Gasteiger partial charge on any atom is -0.460 e. The van der Waals surface area contributed by atoms with Crippen molar-refractivity contribution in [3.05, 3.63) is 10.0 Å². The number of alkyl halides is 3. The monoisotopic (exact) mass is 342 g/mol. The molecule has 1 amide bonds. The maximum absolute atomic E-state index is 12.6. The van der Waals surface area contributed by atoms with Crippen LogP contribution < -0.4 is 4.74 Å². The van der Waals surface area contributed by atoms with Crippen LogP contribution in [0.3, 0.4) is 0 Å². The molecule has 1 aliphatic heterocycles. The van der Waals surface area contributed by atoms with E-state index < -0.39 is 16.2 Å². The van der Waals surface area contributed by atoms with Crippen molar-refractivity contribution in [2.45, 2.75) is 31.9 Å². The topological polar surface area (TPSA) is 42.4 Å². The Kier molecular flexibility index (Phi) is 5.32. The van der Waals surface area contributed by atoms with Crippen LogP contribution in [0.5, 0.6) is 5.19 Å². The zero-order chi connectivity index (χ0) is 15.5. The molecule has 1 saturated heterocycles. The van der Waals surface area contributed by atoms with Crippen LogP contribution in [0.1, 0.15) is 30.6 Å². The van der Waals surface area contributed by atoms with Gasteiger partial charge >= 0.3 is 6.18 Å². The standard InChI is InChI=1S/C12H14ClF3N2O2S/c13-10-9(12(14,15)16)21-11(17-10)20-7-8(19)18-5-3-1-2-4-6-18/h1-7H2. The van der Waals surface area contributed by atoms with Gasteiger partial charge in [0.25, 0.3) is 11.1 Å². The third-order valence-electron chi connectivity index (χ3n) is 3.10. The predicted octanol–water partition coefficient (Wildman–Crippen LogP) is 3.60. The summed E-state index contributed by atoms with van der Waals surface area (Å²) >= 11 is 5.72. The van der Waals surface area contributed by atoms with Crippen molar-refractivity contribution in [1.29, 1.82) is 0 Å². The van der Waals surface area contributed by atoms with Crippen molar-refractivity contribution in [2.24, 2.45) is 0 Å². The first kappa shape index (κ1) is 16.4. The minimum absolute atomic E-state index is 0.239. The Bertz CT molecular complexity index is 499. The summed E-state index contributed by atoms with van der Waals surface area (Å²) in [5, 5.41) is -0.889. The highest BCUT2D eigenvalue weighted by Crippen LogP contribution is 2.41. The third kappa shape index (κ3) is 4.47. The summed E-state index contributed by atoms with van der Waals surface area (Å²) in [4.78, 5) is 16.1. The van der Waals surface area contributed by atoms with Gasteiger partial charge in [-0.15, -0.1) is 0 Å². The van der Waals surface area contributed by atoms with E-state index in [2.05, 4.69) is 4.98 Å². The van der Waals surface area contributed by atoms with Crippen LogP contribution in [0.15, 0.2) is 0 Å². The molecule has 4 nitrogen and oxygen atoms in total. The van der Waals surface area contributed by atoms with Crippen molar-refractivity contribution < 1.29 is 22.7 Å². The van der Waals surface area contributed by atoms with E-state index >= 15 is 0 Å². The summed E-state index contributed by atoms with van der Waals surface area (Å²) in [5.41, 5.74) is 0. The molecule has 1 aromatic rings. The van der Waals surface area contributed by atoms with E-state index in [4.69, 9.17) is 16.3 Å². The third-order valence-corrected chi connectivity index (χ3v) is 4.50. The van der Waals surface area contributed by atoms with Gasteiger partial charge in [-0.1, -0.05) is 35.8 Å². The van der Waals surface area contributed by atoms with Crippen LogP contribution >= 0.6 is 22.9 Å². The fraction of sp³-hybridized carbons (Fsp3) is 0.667. The van der Waals surface area contributed by atoms with E-state index in [-0.39, 0.29) is 17.7 Å². The van der Waals surface area contributed by atoms with E-state index in [0.717, 1.165) is 25.7 Å². The highest BCUT2D eigenvalue weighted by Gasteiger charge is 2.37. The van der Waals surface area contributed by atoms with Gasteiger partial charge in [0, 0.05) is 13.1 Å². The lowest BCUT2D eigenvalue weighted by Crippen LogP contribution is -2.35. The zero-order valence-electron chi connectivity index (χ0n) is 11.1. The molecule has 0 saturated carbocycles. The normalized spacial score (nSPS) is 16.7. The summed E-state index contributed by atoms with van der Waals surface area (Å²) in [6.45, 7) is 1.00. The molecule has 2 rings (SSSR count). The SMILES string of the molecule is O=C(COc1nc(Cl)c(C(F)(F)F)s1)N1CCCCCC1. The largest absolute Gasteiger partial charge is 0.460 e. The summed E-state index contributed by atoms with van der Waals surface area (Å²) in [6, 6.07) is 0. The number of aromatic nitrogens is 1. The lowest BCUT2D eigenvalue weighted by atomic mass is 10.2. The number of likely N-dealkylation sites (tertiary alicyclic amines) is 1. The summed E-state index contributed by atoms with van der Waals surface area (Å²) in [6.07, 6.45) is -0.519. The second-order valence-electron chi connectivity index (χ2n) is 4.68. The molecule has 1 aromatic heterocycles. The average Bonchev–Trinajstić information content (AvgIpc) is 2.63. The number of amides is 1. The first-order valence-electron chi connectivity index (χ1n) is 6.52. The van der Waals surface area contributed by atoms with Crippen molar-refractivity contribution in [3.8, 4) is 5.19 Å². The second-order valence-corrected chi connectivity index (χ2v) is 6.00. The molecule has 9 heteroatoms. The Morgan fingerprint density at radius 3 is 2.43 bits per heavy atom. The Balaban J connectivity index is 1.92. The number of hydrogen-bond donors (Lipinski definition) is 0. The Morgan fingerprint density at radius 1 is 1.29 bits per heavy atom. The first-order chi connectivity index (χ1) is 9.88. The molecular weight excluding hydrogens is 329 g/mol. The summed E-state index contributed by atoms with van der Waals surface area (Å²) in [7, 11) is 0. The molecule has 0 N–H and O–H groups in total. The highest BCUT2D eigenvalue weighted by atomic mass is 35.5. The quantitative estimate of drug-likeness (QED) is 0.843. The molecule has 0 bridgehead atoms. The number of ether oxygens (including phenoxy) is 1. The Labute approximate surface area is 128 Å². The van der Waals surface area contributed by atoms with Crippen molar-refractivity contribution >= 4 is 28.8 Å². The molecule has 2 heterocycles. The number of hydrogen-bond acceptors (Lipinski definition) is 4. The highest BCUT2D eigenvalue weighted by molar-refractivity contribution is 7.14. The van der Waals surface area contributed by atoms with Crippen LogP contribution in [-0.2, 0) is 11.0 Å². The van der Waals surface area contributed by atoms with Crippen LogP contribution in [0.25, 0.3) is 0 Å². The van der Waals surface area contributed by atoms with Crippen molar-refractivity contribution in [3.63, 3.8) is 0 Å². The average molecular weight is 343 g/mol. The molecule has 1 aliphatic rings. The molecule has 0 unspecified atom stereocenters. The van der Waals surface area contributed by atoms with E-state index in [1.165, 1.54) is 0 Å². The second kappa shape index (κ2) is 6.83. The van der Waals surface area contributed by atoms with Gasteiger partial charge in [0.2, 0.25) is 0 Å². The number of carbonyl (C=O) groups excluding carboxylic acids is 1.